The Labute approximate surface area is 70.1 Å². The van der Waals surface area contributed by atoms with Crippen molar-refractivity contribution in [2.24, 2.45) is 5.41 Å². The minimum absolute atomic E-state index is 0.209. The molecule has 11 heavy (non-hydrogen) atoms. The van der Waals surface area contributed by atoms with Gasteiger partial charge in [-0.25, -0.2) is 0 Å². The Morgan fingerprint density at radius 3 is 2.36 bits per heavy atom. The lowest BCUT2D eigenvalue weighted by Crippen LogP contribution is -2.05. The fourth-order valence-corrected chi connectivity index (χ4v) is 0.702. The molecule has 0 aromatic heterocycles. The molecule has 0 amide bonds. The monoisotopic (exact) mass is 156 g/mol. The van der Waals surface area contributed by atoms with E-state index in [1.807, 2.05) is 6.92 Å². The van der Waals surface area contributed by atoms with Crippen LogP contribution in [-0.2, 0) is 0 Å². The van der Waals surface area contributed by atoms with Gasteiger partial charge in [0.2, 0.25) is 0 Å². The summed E-state index contributed by atoms with van der Waals surface area (Å²) >= 11 is 0. The second-order valence-corrected chi connectivity index (χ2v) is 3.83. The molecular weight excluding hydrogens is 136 g/mol. The Hall–Kier alpha value is -0.300. The number of allylic oxidation sites excluding steroid dienone is 1. The Morgan fingerprint density at radius 2 is 2.00 bits per heavy atom. The van der Waals surface area contributed by atoms with E-state index in [-0.39, 0.29) is 11.5 Å². The van der Waals surface area contributed by atoms with Gasteiger partial charge in [-0.05, 0) is 25.2 Å². The van der Waals surface area contributed by atoms with Gasteiger partial charge in [-0.1, -0.05) is 32.9 Å². The third kappa shape index (κ3) is 6.11. The first-order chi connectivity index (χ1) is 4.98. The van der Waals surface area contributed by atoms with Crippen LogP contribution in [0.3, 0.4) is 0 Å². The molecule has 1 N–H and O–H groups in total. The lowest BCUT2D eigenvalue weighted by molar-refractivity contribution is 0.198. The molecule has 0 saturated carbocycles. The van der Waals surface area contributed by atoms with Crippen LogP contribution in [-0.4, -0.2) is 11.2 Å². The van der Waals surface area contributed by atoms with Crippen molar-refractivity contribution in [2.75, 3.05) is 0 Å². The van der Waals surface area contributed by atoms with Crippen LogP contribution in [0.1, 0.15) is 40.5 Å². The summed E-state index contributed by atoms with van der Waals surface area (Å²) in [7, 11) is 0. The fraction of sp³-hybridized carbons (Fsp3) is 0.800. The average Bonchev–Trinajstić information content (AvgIpc) is 1.87. The first kappa shape index (κ1) is 10.7. The molecule has 1 nitrogen and oxygen atoms in total. The van der Waals surface area contributed by atoms with E-state index in [4.69, 9.17) is 5.11 Å². The zero-order valence-electron chi connectivity index (χ0n) is 8.09. The van der Waals surface area contributed by atoms with Crippen LogP contribution >= 0.6 is 0 Å². The van der Waals surface area contributed by atoms with Gasteiger partial charge in [-0.2, -0.15) is 0 Å². The van der Waals surface area contributed by atoms with Gasteiger partial charge < -0.3 is 5.11 Å². The highest BCUT2D eigenvalue weighted by molar-refractivity contribution is 4.94. The van der Waals surface area contributed by atoms with E-state index in [0.717, 1.165) is 12.8 Å². The summed E-state index contributed by atoms with van der Waals surface area (Å²) in [5, 5.41) is 8.97. The molecule has 66 valence electrons. The summed E-state index contributed by atoms with van der Waals surface area (Å²) in [6.45, 7) is 8.38. The van der Waals surface area contributed by atoms with E-state index in [1.165, 1.54) is 0 Å². The van der Waals surface area contributed by atoms with Crippen LogP contribution in [0.15, 0.2) is 12.2 Å². The van der Waals surface area contributed by atoms with Crippen LogP contribution < -0.4 is 0 Å². The van der Waals surface area contributed by atoms with Gasteiger partial charge in [-0.3, -0.25) is 0 Å². The van der Waals surface area contributed by atoms with Crippen molar-refractivity contribution in [3.63, 3.8) is 0 Å². The van der Waals surface area contributed by atoms with Gasteiger partial charge in [0.15, 0.2) is 0 Å². The Bertz CT molecular complexity index is 123. The van der Waals surface area contributed by atoms with Crippen molar-refractivity contribution in [2.45, 2.75) is 46.6 Å². The molecule has 1 atom stereocenters. The van der Waals surface area contributed by atoms with Crippen LogP contribution in [0.25, 0.3) is 0 Å². The normalized spacial score (nSPS) is 15.7. The van der Waals surface area contributed by atoms with Crippen molar-refractivity contribution < 1.29 is 5.11 Å². The molecule has 0 rings (SSSR count). The molecule has 1 unspecified atom stereocenters. The molecule has 0 fully saturated rings. The minimum Gasteiger partial charge on any atom is -0.393 e. The lowest BCUT2D eigenvalue weighted by atomic mass is 9.89. The summed E-state index contributed by atoms with van der Waals surface area (Å²) < 4.78 is 0. The number of hydrogen-bond acceptors (Lipinski definition) is 1. The van der Waals surface area contributed by atoms with Crippen LogP contribution in [0.2, 0.25) is 0 Å². The molecule has 0 aromatic rings. The van der Waals surface area contributed by atoms with E-state index in [9.17, 15) is 0 Å². The van der Waals surface area contributed by atoms with Crippen molar-refractivity contribution in [3.8, 4) is 0 Å². The molecule has 0 aromatic carbocycles. The first-order valence-electron chi connectivity index (χ1n) is 4.33. The molecule has 0 aliphatic heterocycles. The quantitative estimate of drug-likeness (QED) is 0.620. The van der Waals surface area contributed by atoms with E-state index < -0.39 is 0 Å². The van der Waals surface area contributed by atoms with Gasteiger partial charge >= 0.3 is 0 Å². The molecule has 0 aliphatic rings. The second-order valence-electron chi connectivity index (χ2n) is 3.83. The highest BCUT2D eigenvalue weighted by Crippen LogP contribution is 2.21. The van der Waals surface area contributed by atoms with Crippen molar-refractivity contribution in [1.82, 2.24) is 0 Å². The maximum Gasteiger partial charge on any atom is 0.0546 e. The maximum atomic E-state index is 8.97. The minimum atomic E-state index is -0.209. The molecule has 0 heterocycles. The summed E-state index contributed by atoms with van der Waals surface area (Å²) in [5.41, 5.74) is 0.287. The maximum absolute atomic E-state index is 8.97. The zero-order chi connectivity index (χ0) is 8.91. The SMILES string of the molecule is CCC(C)(C)/C=C/CC(C)O. The molecule has 0 spiro atoms. The lowest BCUT2D eigenvalue weighted by Gasteiger charge is -2.16. The van der Waals surface area contributed by atoms with Gasteiger partial charge in [-0.15, -0.1) is 0 Å². The van der Waals surface area contributed by atoms with Crippen molar-refractivity contribution in [3.05, 3.63) is 12.2 Å². The zero-order valence-corrected chi connectivity index (χ0v) is 8.09. The smallest absolute Gasteiger partial charge is 0.0546 e. The van der Waals surface area contributed by atoms with Crippen molar-refractivity contribution in [1.29, 1.82) is 0 Å². The Balaban J connectivity index is 3.73. The highest BCUT2D eigenvalue weighted by Gasteiger charge is 2.08. The summed E-state index contributed by atoms with van der Waals surface area (Å²) in [4.78, 5) is 0. The van der Waals surface area contributed by atoms with Gasteiger partial charge in [0.1, 0.15) is 0 Å². The predicted octanol–water partition coefficient (Wildman–Crippen LogP) is 2.75. The molecule has 0 radical (unpaired) electrons. The van der Waals surface area contributed by atoms with Gasteiger partial charge in [0.25, 0.3) is 0 Å². The predicted molar refractivity (Wildman–Crippen MR) is 49.5 cm³/mol. The molecule has 1 heteroatoms. The molecule has 0 bridgehead atoms. The van der Waals surface area contributed by atoms with Crippen LogP contribution in [0.5, 0.6) is 0 Å². The first-order valence-corrected chi connectivity index (χ1v) is 4.33. The summed E-state index contributed by atoms with van der Waals surface area (Å²) in [6.07, 6.45) is 5.94. The molecule has 0 saturated heterocycles. The Kier molecular flexibility index (Phi) is 4.43. The third-order valence-electron chi connectivity index (χ3n) is 1.96. The topological polar surface area (TPSA) is 20.2 Å². The third-order valence-corrected chi connectivity index (χ3v) is 1.96. The molecule has 0 aliphatic carbocycles. The number of hydrogen-bond donors (Lipinski definition) is 1. The number of aliphatic hydroxyl groups excluding tert-OH is 1. The van der Waals surface area contributed by atoms with E-state index in [0.29, 0.717) is 0 Å². The van der Waals surface area contributed by atoms with Gasteiger partial charge in [0, 0.05) is 0 Å². The molecular formula is C10H20O. The Morgan fingerprint density at radius 1 is 1.45 bits per heavy atom. The number of rotatable bonds is 4. The van der Waals surface area contributed by atoms with Crippen LogP contribution in [0, 0.1) is 5.41 Å². The summed E-state index contributed by atoms with van der Waals surface area (Å²) in [6, 6.07) is 0. The fourth-order valence-electron chi connectivity index (χ4n) is 0.702. The summed E-state index contributed by atoms with van der Waals surface area (Å²) in [5.74, 6) is 0. The average molecular weight is 156 g/mol. The van der Waals surface area contributed by atoms with Crippen molar-refractivity contribution >= 4 is 0 Å². The number of aliphatic hydroxyl groups is 1. The van der Waals surface area contributed by atoms with E-state index in [2.05, 4.69) is 32.9 Å². The second kappa shape index (κ2) is 4.55. The van der Waals surface area contributed by atoms with E-state index >= 15 is 0 Å². The largest absolute Gasteiger partial charge is 0.393 e. The van der Waals surface area contributed by atoms with Crippen LogP contribution in [0.4, 0.5) is 0 Å². The van der Waals surface area contributed by atoms with Gasteiger partial charge in [0.05, 0.1) is 6.10 Å². The highest BCUT2D eigenvalue weighted by atomic mass is 16.3. The van der Waals surface area contributed by atoms with E-state index in [1.54, 1.807) is 0 Å². The standard InChI is InChI=1S/C10H20O/c1-5-10(3,4)8-6-7-9(2)11/h6,8-9,11H,5,7H2,1-4H3/b8-6+.